The lowest BCUT2D eigenvalue weighted by atomic mass is 9.96. The largest absolute Gasteiger partial charge is 0.384 e. The number of hydrogen-bond acceptors (Lipinski definition) is 7. The molecule has 0 atom stereocenters. The van der Waals surface area contributed by atoms with Crippen molar-refractivity contribution in [3.05, 3.63) is 0 Å². The van der Waals surface area contributed by atoms with Gasteiger partial charge < -0.3 is 19.9 Å². The Morgan fingerprint density at radius 2 is 2.08 bits per heavy atom. The van der Waals surface area contributed by atoms with Gasteiger partial charge in [-0.15, -0.1) is 10.2 Å². The Morgan fingerprint density at radius 3 is 2.71 bits per heavy atom. The van der Waals surface area contributed by atoms with E-state index in [1.165, 1.54) is 11.3 Å². The molecular formula is C14H23N5O3S2. The highest BCUT2D eigenvalue weighted by molar-refractivity contribution is 8.01. The lowest BCUT2D eigenvalue weighted by Gasteiger charge is -2.32. The Morgan fingerprint density at radius 1 is 1.38 bits per heavy atom. The van der Waals surface area contributed by atoms with Gasteiger partial charge in [-0.2, -0.15) is 0 Å². The molecule has 1 aliphatic heterocycles. The van der Waals surface area contributed by atoms with E-state index in [1.54, 1.807) is 42.8 Å². The third-order valence-electron chi connectivity index (χ3n) is 3.67. The van der Waals surface area contributed by atoms with Gasteiger partial charge in [-0.3, -0.25) is 4.79 Å². The highest BCUT2D eigenvalue weighted by Gasteiger charge is 2.28. The highest BCUT2D eigenvalue weighted by atomic mass is 32.2. The van der Waals surface area contributed by atoms with Gasteiger partial charge in [-0.05, 0) is 12.8 Å². The molecule has 0 unspecified atom stereocenters. The SMILES string of the molecule is COCCSc1nnc(NC(=O)C2CCN(C(=O)N(C)C)CC2)s1. The Balaban J connectivity index is 1.78. The number of rotatable bonds is 6. The van der Waals surface area contributed by atoms with Gasteiger partial charge >= 0.3 is 6.03 Å². The summed E-state index contributed by atoms with van der Waals surface area (Å²) in [6.45, 7) is 1.85. The fraction of sp³-hybridized carbons (Fsp3) is 0.714. The molecule has 0 saturated carbocycles. The zero-order valence-electron chi connectivity index (χ0n) is 14.2. The molecule has 0 bridgehead atoms. The van der Waals surface area contributed by atoms with Crippen LogP contribution in [0.4, 0.5) is 9.93 Å². The average Bonchev–Trinajstić information content (AvgIpc) is 3.01. The molecule has 1 saturated heterocycles. The molecule has 10 heteroatoms. The molecule has 8 nitrogen and oxygen atoms in total. The van der Waals surface area contributed by atoms with Crippen LogP contribution in [0.3, 0.4) is 0 Å². The summed E-state index contributed by atoms with van der Waals surface area (Å²) >= 11 is 2.92. The molecule has 134 valence electrons. The number of piperidine rings is 1. The number of likely N-dealkylation sites (tertiary alicyclic amines) is 1. The predicted octanol–water partition coefficient (Wildman–Crippen LogP) is 1.61. The van der Waals surface area contributed by atoms with Crippen LogP contribution >= 0.6 is 23.1 Å². The quantitative estimate of drug-likeness (QED) is 0.463. The topological polar surface area (TPSA) is 87.7 Å². The average molecular weight is 374 g/mol. The first kappa shape index (κ1) is 18.9. The van der Waals surface area contributed by atoms with E-state index in [4.69, 9.17) is 4.74 Å². The summed E-state index contributed by atoms with van der Waals surface area (Å²) in [7, 11) is 5.13. The number of ether oxygens (including phenoxy) is 1. The summed E-state index contributed by atoms with van der Waals surface area (Å²) in [4.78, 5) is 27.6. The monoisotopic (exact) mass is 373 g/mol. The Labute approximate surface area is 149 Å². The van der Waals surface area contributed by atoms with Crippen molar-refractivity contribution in [2.75, 3.05) is 52.0 Å². The number of carbonyl (C=O) groups excluding carboxylic acids is 2. The van der Waals surface area contributed by atoms with Crippen molar-refractivity contribution in [1.29, 1.82) is 0 Å². The number of carbonyl (C=O) groups is 2. The van der Waals surface area contributed by atoms with Crippen molar-refractivity contribution in [2.24, 2.45) is 5.92 Å². The molecule has 0 aromatic carbocycles. The maximum atomic E-state index is 12.3. The molecule has 2 rings (SSSR count). The van der Waals surface area contributed by atoms with Gasteiger partial charge in [0.15, 0.2) is 4.34 Å². The number of anilines is 1. The normalized spacial score (nSPS) is 15.4. The Hall–Kier alpha value is -1.39. The molecule has 1 N–H and O–H groups in total. The van der Waals surface area contributed by atoms with Crippen LogP contribution in [0.5, 0.6) is 0 Å². The number of amides is 3. The molecule has 2 heterocycles. The number of hydrogen-bond donors (Lipinski definition) is 1. The minimum Gasteiger partial charge on any atom is -0.384 e. The summed E-state index contributed by atoms with van der Waals surface area (Å²) in [5.41, 5.74) is 0. The van der Waals surface area contributed by atoms with Gasteiger partial charge in [0.1, 0.15) is 0 Å². The minimum atomic E-state index is -0.0929. The summed E-state index contributed by atoms with van der Waals surface area (Å²) in [5, 5.41) is 11.4. The number of nitrogens with one attached hydrogen (secondary N) is 1. The van der Waals surface area contributed by atoms with E-state index in [1.807, 2.05) is 0 Å². The van der Waals surface area contributed by atoms with Crippen LogP contribution in [0.2, 0.25) is 0 Å². The molecule has 1 aliphatic rings. The van der Waals surface area contributed by atoms with Gasteiger partial charge in [0.25, 0.3) is 0 Å². The lowest BCUT2D eigenvalue weighted by Crippen LogP contribution is -2.45. The van der Waals surface area contributed by atoms with Gasteiger partial charge in [-0.1, -0.05) is 23.1 Å². The van der Waals surface area contributed by atoms with E-state index in [-0.39, 0.29) is 17.9 Å². The van der Waals surface area contributed by atoms with Crippen LogP contribution in [0.15, 0.2) is 4.34 Å². The van der Waals surface area contributed by atoms with E-state index in [0.717, 1.165) is 10.1 Å². The summed E-state index contributed by atoms with van der Waals surface area (Å²) in [6, 6.07) is -0.00397. The van der Waals surface area contributed by atoms with E-state index in [0.29, 0.717) is 37.7 Å². The smallest absolute Gasteiger partial charge is 0.319 e. The predicted molar refractivity (Wildman–Crippen MR) is 94.5 cm³/mol. The van der Waals surface area contributed by atoms with E-state index in [2.05, 4.69) is 15.5 Å². The van der Waals surface area contributed by atoms with E-state index >= 15 is 0 Å². The summed E-state index contributed by atoms with van der Waals surface area (Å²) in [6.07, 6.45) is 1.33. The van der Waals surface area contributed by atoms with Crippen molar-refractivity contribution in [1.82, 2.24) is 20.0 Å². The second-order valence-electron chi connectivity index (χ2n) is 5.64. The van der Waals surface area contributed by atoms with Crippen molar-refractivity contribution < 1.29 is 14.3 Å². The first-order valence-corrected chi connectivity index (χ1v) is 9.53. The van der Waals surface area contributed by atoms with E-state index < -0.39 is 0 Å². The fourth-order valence-electron chi connectivity index (χ4n) is 2.35. The zero-order valence-corrected chi connectivity index (χ0v) is 15.8. The standard InChI is InChI=1S/C14H23N5O3S2/c1-18(2)14(21)19-6-4-10(5-7-19)11(20)15-12-16-17-13(24-12)23-9-8-22-3/h10H,4-9H2,1-3H3,(H,15,16,20). The van der Waals surface area contributed by atoms with E-state index in [9.17, 15) is 9.59 Å². The van der Waals surface area contributed by atoms with Crippen LogP contribution in [0, 0.1) is 5.92 Å². The van der Waals surface area contributed by atoms with Crippen LogP contribution in [0.25, 0.3) is 0 Å². The number of urea groups is 1. The number of aromatic nitrogens is 2. The molecule has 1 aromatic heterocycles. The van der Waals surface area contributed by atoms with Gasteiger partial charge in [-0.25, -0.2) is 4.79 Å². The van der Waals surface area contributed by atoms with Crippen LogP contribution in [-0.2, 0) is 9.53 Å². The van der Waals surface area contributed by atoms with Crippen LogP contribution in [0.1, 0.15) is 12.8 Å². The highest BCUT2D eigenvalue weighted by Crippen LogP contribution is 2.26. The number of nitrogens with zero attached hydrogens (tertiary/aromatic N) is 4. The Kier molecular flexibility index (Phi) is 7.25. The van der Waals surface area contributed by atoms with Crippen molar-refractivity contribution >= 4 is 40.2 Å². The molecule has 0 spiro atoms. The molecule has 1 aromatic rings. The van der Waals surface area contributed by atoms with Gasteiger partial charge in [0, 0.05) is 46.0 Å². The van der Waals surface area contributed by atoms with Crippen LogP contribution < -0.4 is 5.32 Å². The molecule has 0 aliphatic carbocycles. The molecule has 3 amide bonds. The number of thioether (sulfide) groups is 1. The Bertz CT molecular complexity index is 558. The second-order valence-corrected chi connectivity index (χ2v) is 7.96. The summed E-state index contributed by atoms with van der Waals surface area (Å²) in [5.74, 6) is 0.665. The second kappa shape index (κ2) is 9.19. The minimum absolute atomic E-state index is 0.00397. The van der Waals surface area contributed by atoms with Crippen LogP contribution in [-0.4, -0.2) is 78.6 Å². The third kappa shape index (κ3) is 5.32. The first-order valence-electron chi connectivity index (χ1n) is 7.73. The fourth-order valence-corrected chi connectivity index (χ4v) is 4.08. The van der Waals surface area contributed by atoms with Gasteiger partial charge in [0.05, 0.1) is 6.61 Å². The first-order chi connectivity index (χ1) is 11.5. The maximum Gasteiger partial charge on any atom is 0.319 e. The van der Waals surface area contributed by atoms with Crippen molar-refractivity contribution in [3.63, 3.8) is 0 Å². The molecule has 0 radical (unpaired) electrons. The molecule has 24 heavy (non-hydrogen) atoms. The zero-order chi connectivity index (χ0) is 17.5. The maximum absolute atomic E-state index is 12.3. The summed E-state index contributed by atoms with van der Waals surface area (Å²) < 4.78 is 5.80. The molecular weight excluding hydrogens is 350 g/mol. The third-order valence-corrected chi connectivity index (χ3v) is 5.60. The van der Waals surface area contributed by atoms with Crippen molar-refractivity contribution in [2.45, 2.75) is 17.2 Å². The molecule has 1 fully saturated rings. The number of methoxy groups -OCH3 is 1. The lowest BCUT2D eigenvalue weighted by molar-refractivity contribution is -0.121. The van der Waals surface area contributed by atoms with Gasteiger partial charge in [0.2, 0.25) is 11.0 Å². The van der Waals surface area contributed by atoms with Crippen molar-refractivity contribution in [3.8, 4) is 0 Å².